The van der Waals surface area contributed by atoms with Crippen molar-refractivity contribution < 1.29 is 30.8 Å². The highest BCUT2D eigenvalue weighted by Crippen LogP contribution is 2.35. The van der Waals surface area contributed by atoms with Gasteiger partial charge in [-0.15, -0.1) is 10.2 Å². The van der Waals surface area contributed by atoms with Crippen molar-refractivity contribution in [2.75, 3.05) is 0 Å². The maximum absolute atomic E-state index is 12.6. The van der Waals surface area contributed by atoms with Gasteiger partial charge in [0.1, 0.15) is 5.69 Å². The van der Waals surface area contributed by atoms with E-state index >= 15 is 0 Å². The van der Waals surface area contributed by atoms with Crippen LogP contribution in [0.15, 0.2) is 40.9 Å². The molecule has 2 heterocycles. The molecular weight excluding hydrogens is 388 g/mol. The summed E-state index contributed by atoms with van der Waals surface area (Å²) in [5.74, 6) is -0.398. The fraction of sp³-hybridized carbons (Fsp3) is 0.133. The Morgan fingerprint density at radius 3 is 1.92 bits per heavy atom. The van der Waals surface area contributed by atoms with E-state index in [1.807, 2.05) is 0 Å². The van der Waals surface area contributed by atoms with E-state index < -0.39 is 23.5 Å². The summed E-state index contributed by atoms with van der Waals surface area (Å²) in [7, 11) is 0. The summed E-state index contributed by atoms with van der Waals surface area (Å²) in [5.41, 5.74) is -1.88. The zero-order chi connectivity index (χ0) is 19.1. The van der Waals surface area contributed by atoms with E-state index in [0.29, 0.717) is 12.3 Å². The summed E-state index contributed by atoms with van der Waals surface area (Å²) in [5, 5.41) is 6.91. The van der Waals surface area contributed by atoms with Gasteiger partial charge in [-0.1, -0.05) is 11.6 Å². The Labute approximate surface area is 146 Å². The van der Waals surface area contributed by atoms with Crippen LogP contribution in [0, 0.1) is 0 Å². The van der Waals surface area contributed by atoms with Crippen molar-refractivity contribution in [3.05, 3.63) is 52.7 Å². The van der Waals surface area contributed by atoms with Crippen LogP contribution >= 0.6 is 11.6 Å². The molecule has 0 aliphatic rings. The second-order valence-electron chi connectivity index (χ2n) is 5.04. The molecule has 0 bridgehead atoms. The van der Waals surface area contributed by atoms with Gasteiger partial charge in [-0.25, -0.2) is 4.98 Å². The first-order valence-corrected chi connectivity index (χ1v) is 7.18. The lowest BCUT2D eigenvalue weighted by Gasteiger charge is -2.07. The van der Waals surface area contributed by atoms with Crippen molar-refractivity contribution in [2.45, 2.75) is 12.4 Å². The Kier molecular flexibility index (Phi) is 4.39. The van der Waals surface area contributed by atoms with Crippen LogP contribution < -0.4 is 0 Å². The molecule has 0 saturated carbocycles. The van der Waals surface area contributed by atoms with Crippen LogP contribution in [0.3, 0.4) is 0 Å². The van der Waals surface area contributed by atoms with Gasteiger partial charge in [-0.3, -0.25) is 0 Å². The predicted molar refractivity (Wildman–Crippen MR) is 78.0 cm³/mol. The number of aromatic nitrogens is 3. The Hall–Kier alpha value is -2.62. The zero-order valence-corrected chi connectivity index (χ0v) is 13.1. The predicted octanol–water partition coefficient (Wildman–Crippen LogP) is 5.49. The molecule has 3 aromatic rings. The van der Waals surface area contributed by atoms with E-state index in [1.54, 1.807) is 0 Å². The summed E-state index contributed by atoms with van der Waals surface area (Å²) in [6.45, 7) is 0. The minimum atomic E-state index is -4.62. The summed E-state index contributed by atoms with van der Waals surface area (Å²) >= 11 is 5.78. The lowest BCUT2D eigenvalue weighted by molar-refractivity contribution is -0.138. The molecule has 136 valence electrons. The van der Waals surface area contributed by atoms with Gasteiger partial charge in [0.25, 0.3) is 5.89 Å². The third-order valence-electron chi connectivity index (χ3n) is 3.26. The van der Waals surface area contributed by atoms with E-state index in [0.717, 1.165) is 24.3 Å². The first-order chi connectivity index (χ1) is 12.1. The number of benzene rings is 1. The molecule has 4 nitrogen and oxygen atoms in total. The molecule has 0 unspecified atom stereocenters. The van der Waals surface area contributed by atoms with Gasteiger partial charge in [-0.05, 0) is 30.3 Å². The van der Waals surface area contributed by atoms with Crippen molar-refractivity contribution in [3.8, 4) is 23.0 Å². The summed E-state index contributed by atoms with van der Waals surface area (Å²) in [6, 6.07) is 4.58. The maximum atomic E-state index is 12.6. The van der Waals surface area contributed by atoms with E-state index in [2.05, 4.69) is 15.2 Å². The topological polar surface area (TPSA) is 51.8 Å². The third kappa shape index (κ3) is 3.64. The number of hydrogen-bond donors (Lipinski definition) is 0. The molecule has 0 fully saturated rings. The fourth-order valence-corrected chi connectivity index (χ4v) is 2.23. The van der Waals surface area contributed by atoms with Crippen LogP contribution in [0.4, 0.5) is 26.3 Å². The van der Waals surface area contributed by atoms with E-state index in [9.17, 15) is 26.3 Å². The molecular formula is C15H6ClF6N3O. The smallest absolute Gasteiger partial charge is 0.415 e. The fourth-order valence-electron chi connectivity index (χ4n) is 1.99. The molecule has 0 amide bonds. The molecule has 2 aromatic heterocycles. The van der Waals surface area contributed by atoms with Crippen LogP contribution in [0.25, 0.3) is 23.0 Å². The Balaban J connectivity index is 1.91. The first-order valence-electron chi connectivity index (χ1n) is 6.80. The minimum absolute atomic E-state index is 0.133. The lowest BCUT2D eigenvalue weighted by atomic mass is 10.1. The molecule has 0 saturated heterocycles. The summed E-state index contributed by atoms with van der Waals surface area (Å²) in [4.78, 5) is 3.57. The maximum Gasteiger partial charge on any atom is 0.417 e. The summed E-state index contributed by atoms with van der Waals surface area (Å²) in [6.07, 6.45) is -8.55. The second-order valence-corrected chi connectivity index (χ2v) is 5.45. The molecule has 0 aliphatic carbocycles. The van der Waals surface area contributed by atoms with Crippen molar-refractivity contribution >= 4 is 11.6 Å². The Morgan fingerprint density at radius 2 is 1.38 bits per heavy atom. The average molecular weight is 394 g/mol. The summed E-state index contributed by atoms with van der Waals surface area (Å²) < 4.78 is 80.8. The molecule has 11 heteroatoms. The van der Waals surface area contributed by atoms with Gasteiger partial charge in [0.05, 0.1) is 16.1 Å². The number of pyridine rings is 1. The van der Waals surface area contributed by atoms with Crippen LogP contribution in [0.5, 0.6) is 0 Å². The first kappa shape index (κ1) is 18.2. The van der Waals surface area contributed by atoms with E-state index in [4.69, 9.17) is 16.0 Å². The second kappa shape index (κ2) is 6.27. The SMILES string of the molecule is FC(F)(F)c1ccc(-c2nnc(-c3ncc(C(F)(F)F)cc3Cl)o2)cc1. The van der Waals surface area contributed by atoms with Crippen molar-refractivity contribution in [3.63, 3.8) is 0 Å². The highest BCUT2D eigenvalue weighted by molar-refractivity contribution is 6.32. The van der Waals surface area contributed by atoms with Crippen molar-refractivity contribution in [2.24, 2.45) is 0 Å². The van der Waals surface area contributed by atoms with Crippen LogP contribution in [-0.4, -0.2) is 15.2 Å². The molecule has 1 aromatic carbocycles. The van der Waals surface area contributed by atoms with Gasteiger partial charge in [0.15, 0.2) is 0 Å². The number of hydrogen-bond acceptors (Lipinski definition) is 4. The normalized spacial score (nSPS) is 12.4. The Morgan fingerprint density at radius 1 is 0.808 bits per heavy atom. The van der Waals surface area contributed by atoms with Gasteiger partial charge >= 0.3 is 12.4 Å². The molecule has 0 aliphatic heterocycles. The van der Waals surface area contributed by atoms with Gasteiger partial charge in [0.2, 0.25) is 5.89 Å². The average Bonchev–Trinajstić information content (AvgIpc) is 3.03. The number of halogens is 7. The van der Waals surface area contributed by atoms with Crippen molar-refractivity contribution in [1.29, 1.82) is 0 Å². The van der Waals surface area contributed by atoms with E-state index in [-0.39, 0.29) is 28.1 Å². The standard InChI is InChI=1S/C15H6ClF6N3O/c16-10-5-9(15(20,21)22)6-23-11(10)13-25-24-12(26-13)7-1-3-8(4-2-7)14(17,18)19/h1-6H. The van der Waals surface area contributed by atoms with Gasteiger partial charge in [0, 0.05) is 11.8 Å². The quantitative estimate of drug-likeness (QED) is 0.540. The van der Waals surface area contributed by atoms with Gasteiger partial charge < -0.3 is 4.42 Å². The molecule has 26 heavy (non-hydrogen) atoms. The number of alkyl halides is 6. The highest BCUT2D eigenvalue weighted by atomic mass is 35.5. The minimum Gasteiger partial charge on any atom is -0.415 e. The Bertz CT molecular complexity index is 934. The molecule has 0 radical (unpaired) electrons. The van der Waals surface area contributed by atoms with Crippen LogP contribution in [-0.2, 0) is 12.4 Å². The third-order valence-corrected chi connectivity index (χ3v) is 3.54. The largest absolute Gasteiger partial charge is 0.417 e. The number of nitrogens with zero attached hydrogens (tertiary/aromatic N) is 3. The zero-order valence-electron chi connectivity index (χ0n) is 12.4. The molecule has 0 atom stereocenters. The molecule has 0 spiro atoms. The van der Waals surface area contributed by atoms with E-state index in [1.165, 1.54) is 0 Å². The van der Waals surface area contributed by atoms with Gasteiger partial charge in [-0.2, -0.15) is 26.3 Å². The van der Waals surface area contributed by atoms with Crippen LogP contribution in [0.2, 0.25) is 5.02 Å². The monoisotopic (exact) mass is 393 g/mol. The molecule has 0 N–H and O–H groups in total. The number of rotatable bonds is 2. The lowest BCUT2D eigenvalue weighted by Crippen LogP contribution is -2.05. The van der Waals surface area contributed by atoms with Crippen LogP contribution in [0.1, 0.15) is 11.1 Å². The van der Waals surface area contributed by atoms with Crippen molar-refractivity contribution in [1.82, 2.24) is 15.2 Å². The highest BCUT2D eigenvalue weighted by Gasteiger charge is 2.32. The molecule has 3 rings (SSSR count).